The van der Waals surface area contributed by atoms with Crippen LogP contribution in [0.3, 0.4) is 0 Å². The highest BCUT2D eigenvalue weighted by Gasteiger charge is 2.34. The Morgan fingerprint density at radius 3 is 1.60 bits per heavy atom. The SMILES string of the molecule is OC1C2CNCC1CNC2. The Bertz CT molecular complexity index is 107. The summed E-state index contributed by atoms with van der Waals surface area (Å²) < 4.78 is 0. The van der Waals surface area contributed by atoms with Gasteiger partial charge in [0.25, 0.3) is 0 Å². The van der Waals surface area contributed by atoms with Crippen LogP contribution in [0.5, 0.6) is 0 Å². The van der Waals surface area contributed by atoms with Gasteiger partial charge in [-0.1, -0.05) is 0 Å². The fourth-order valence-electron chi connectivity index (χ4n) is 1.92. The minimum absolute atomic E-state index is 0.0532. The first-order valence-corrected chi connectivity index (χ1v) is 3.97. The van der Waals surface area contributed by atoms with Crippen molar-refractivity contribution in [3.63, 3.8) is 0 Å². The largest absolute Gasteiger partial charge is 0.392 e. The number of nitrogens with one attached hydrogen (secondary N) is 2. The van der Waals surface area contributed by atoms with E-state index in [9.17, 15) is 5.11 Å². The summed E-state index contributed by atoms with van der Waals surface area (Å²) in [6.07, 6.45) is -0.0532. The molecule has 2 saturated heterocycles. The molecule has 2 bridgehead atoms. The van der Waals surface area contributed by atoms with Crippen LogP contribution >= 0.6 is 0 Å². The van der Waals surface area contributed by atoms with Crippen LogP contribution < -0.4 is 10.6 Å². The first-order valence-electron chi connectivity index (χ1n) is 3.97. The summed E-state index contributed by atoms with van der Waals surface area (Å²) >= 11 is 0. The molecule has 2 aliphatic rings. The van der Waals surface area contributed by atoms with Crippen LogP contribution in [-0.4, -0.2) is 37.4 Å². The molecule has 3 heteroatoms. The van der Waals surface area contributed by atoms with E-state index < -0.39 is 0 Å². The Hall–Kier alpha value is -0.120. The Morgan fingerprint density at radius 1 is 0.900 bits per heavy atom. The zero-order chi connectivity index (χ0) is 6.97. The first-order chi connectivity index (χ1) is 4.88. The Kier molecular flexibility index (Phi) is 1.64. The van der Waals surface area contributed by atoms with Crippen molar-refractivity contribution in [2.45, 2.75) is 6.10 Å². The molecule has 10 heavy (non-hydrogen) atoms. The molecule has 0 atom stereocenters. The van der Waals surface area contributed by atoms with Crippen LogP contribution in [0.1, 0.15) is 0 Å². The second-order valence-electron chi connectivity index (χ2n) is 3.33. The molecule has 0 amide bonds. The molecule has 3 N–H and O–H groups in total. The lowest BCUT2D eigenvalue weighted by atomic mass is 9.84. The van der Waals surface area contributed by atoms with Gasteiger partial charge in [0.15, 0.2) is 0 Å². The lowest BCUT2D eigenvalue weighted by Gasteiger charge is -2.40. The summed E-state index contributed by atoms with van der Waals surface area (Å²) in [4.78, 5) is 0. The molecular weight excluding hydrogens is 128 g/mol. The topological polar surface area (TPSA) is 44.3 Å². The summed E-state index contributed by atoms with van der Waals surface area (Å²) in [5.41, 5.74) is 0. The van der Waals surface area contributed by atoms with Crippen LogP contribution in [0.2, 0.25) is 0 Å². The number of fused-ring (bicyclic) bond motifs is 2. The van der Waals surface area contributed by atoms with Crippen LogP contribution in [0, 0.1) is 11.8 Å². The number of aliphatic hydroxyl groups is 1. The van der Waals surface area contributed by atoms with Gasteiger partial charge in [0.05, 0.1) is 6.10 Å². The fraction of sp³-hybridized carbons (Fsp3) is 1.00. The molecule has 0 unspecified atom stereocenters. The summed E-state index contributed by atoms with van der Waals surface area (Å²) in [6.45, 7) is 3.91. The van der Waals surface area contributed by atoms with Crippen molar-refractivity contribution >= 4 is 0 Å². The van der Waals surface area contributed by atoms with Gasteiger partial charge in [0.1, 0.15) is 0 Å². The van der Waals surface area contributed by atoms with Crippen molar-refractivity contribution in [1.29, 1.82) is 0 Å². The van der Waals surface area contributed by atoms with Gasteiger partial charge in [-0.05, 0) is 0 Å². The second-order valence-corrected chi connectivity index (χ2v) is 3.33. The smallest absolute Gasteiger partial charge is 0.0645 e. The van der Waals surface area contributed by atoms with E-state index in [1.54, 1.807) is 0 Å². The summed E-state index contributed by atoms with van der Waals surface area (Å²) in [5.74, 6) is 0.903. The van der Waals surface area contributed by atoms with Crippen molar-refractivity contribution in [3.05, 3.63) is 0 Å². The lowest BCUT2D eigenvalue weighted by Crippen LogP contribution is -2.57. The van der Waals surface area contributed by atoms with E-state index in [0.29, 0.717) is 11.8 Å². The molecule has 0 aromatic carbocycles. The van der Waals surface area contributed by atoms with Crippen molar-refractivity contribution in [2.24, 2.45) is 11.8 Å². The molecule has 0 aromatic rings. The first kappa shape index (κ1) is 6.58. The van der Waals surface area contributed by atoms with Gasteiger partial charge in [-0.3, -0.25) is 0 Å². The molecule has 0 saturated carbocycles. The number of rotatable bonds is 0. The number of hydrogen-bond acceptors (Lipinski definition) is 3. The predicted octanol–water partition coefficient (Wildman–Crippen LogP) is -1.21. The van der Waals surface area contributed by atoms with Gasteiger partial charge in [-0.2, -0.15) is 0 Å². The molecule has 58 valence electrons. The van der Waals surface area contributed by atoms with Gasteiger partial charge in [0, 0.05) is 38.0 Å². The fourth-order valence-corrected chi connectivity index (χ4v) is 1.92. The second kappa shape index (κ2) is 2.49. The highest BCUT2D eigenvalue weighted by Crippen LogP contribution is 2.19. The average molecular weight is 142 g/mol. The van der Waals surface area contributed by atoms with Crippen molar-refractivity contribution in [2.75, 3.05) is 26.2 Å². The average Bonchev–Trinajstić information content (AvgIpc) is 1.86. The highest BCUT2D eigenvalue weighted by atomic mass is 16.3. The Morgan fingerprint density at radius 2 is 1.30 bits per heavy atom. The summed E-state index contributed by atoms with van der Waals surface area (Å²) in [6, 6.07) is 0. The molecule has 0 radical (unpaired) electrons. The molecule has 0 spiro atoms. The zero-order valence-electron chi connectivity index (χ0n) is 6.01. The maximum absolute atomic E-state index is 9.61. The van der Waals surface area contributed by atoms with Crippen molar-refractivity contribution in [3.8, 4) is 0 Å². The summed E-state index contributed by atoms with van der Waals surface area (Å²) in [7, 11) is 0. The van der Waals surface area contributed by atoms with Gasteiger partial charge in [-0.15, -0.1) is 0 Å². The van der Waals surface area contributed by atoms with Gasteiger partial charge >= 0.3 is 0 Å². The van der Waals surface area contributed by atoms with Gasteiger partial charge in [-0.25, -0.2) is 0 Å². The summed E-state index contributed by atoms with van der Waals surface area (Å²) in [5, 5.41) is 16.2. The lowest BCUT2D eigenvalue weighted by molar-refractivity contribution is 0.00695. The minimum atomic E-state index is -0.0532. The van der Waals surface area contributed by atoms with Crippen LogP contribution in [-0.2, 0) is 0 Å². The quantitative estimate of drug-likeness (QED) is 0.397. The van der Waals surface area contributed by atoms with Crippen LogP contribution in [0.25, 0.3) is 0 Å². The highest BCUT2D eigenvalue weighted by molar-refractivity contribution is 4.90. The maximum atomic E-state index is 9.61. The predicted molar refractivity (Wildman–Crippen MR) is 38.7 cm³/mol. The number of aliphatic hydroxyl groups excluding tert-OH is 1. The molecule has 0 aliphatic carbocycles. The van der Waals surface area contributed by atoms with Gasteiger partial charge < -0.3 is 15.7 Å². The maximum Gasteiger partial charge on any atom is 0.0645 e. The van der Waals surface area contributed by atoms with E-state index in [0.717, 1.165) is 26.2 Å². The van der Waals surface area contributed by atoms with Gasteiger partial charge in [0.2, 0.25) is 0 Å². The Balaban J connectivity index is 2.05. The van der Waals surface area contributed by atoms with E-state index >= 15 is 0 Å². The monoisotopic (exact) mass is 142 g/mol. The zero-order valence-corrected chi connectivity index (χ0v) is 6.01. The molecule has 2 aliphatic heterocycles. The van der Waals surface area contributed by atoms with Crippen molar-refractivity contribution in [1.82, 2.24) is 10.6 Å². The number of piperidine rings is 2. The van der Waals surface area contributed by atoms with Crippen LogP contribution in [0.15, 0.2) is 0 Å². The van der Waals surface area contributed by atoms with E-state index in [2.05, 4.69) is 10.6 Å². The molecule has 0 aromatic heterocycles. The third-order valence-corrected chi connectivity index (χ3v) is 2.59. The van der Waals surface area contributed by atoms with E-state index in [4.69, 9.17) is 0 Å². The Labute approximate surface area is 60.8 Å². The molecular formula is C7H14N2O. The molecule has 2 heterocycles. The molecule has 2 fully saturated rings. The van der Waals surface area contributed by atoms with E-state index in [1.807, 2.05) is 0 Å². The third-order valence-electron chi connectivity index (χ3n) is 2.59. The standard InChI is InChI=1S/C7H14N2O/c10-7-5-1-8-3-6(7)4-9-2-5/h5-10H,1-4H2. The van der Waals surface area contributed by atoms with E-state index in [-0.39, 0.29) is 6.10 Å². The normalized spacial score (nSPS) is 47.1. The number of hydrogen-bond donors (Lipinski definition) is 3. The molecule has 3 nitrogen and oxygen atoms in total. The van der Waals surface area contributed by atoms with Crippen molar-refractivity contribution < 1.29 is 5.11 Å². The minimum Gasteiger partial charge on any atom is -0.392 e. The van der Waals surface area contributed by atoms with E-state index in [1.165, 1.54) is 0 Å². The van der Waals surface area contributed by atoms with Crippen LogP contribution in [0.4, 0.5) is 0 Å². The molecule has 2 rings (SSSR count). The third kappa shape index (κ3) is 0.944.